The SMILES string of the molecule is CCOC(=O)[C@]1(CCCCB(O)O)NC[C@@H]2NCC[C@@H]21. The van der Waals surface area contributed by atoms with Crippen molar-refractivity contribution in [2.24, 2.45) is 5.92 Å². The molecule has 2 fully saturated rings. The zero-order chi connectivity index (χ0) is 14.6. The summed E-state index contributed by atoms with van der Waals surface area (Å²) in [5.74, 6) is 0.126. The Kier molecular flexibility index (Phi) is 5.43. The fourth-order valence-electron chi connectivity index (χ4n) is 3.59. The van der Waals surface area contributed by atoms with Crippen molar-refractivity contribution in [1.82, 2.24) is 10.6 Å². The van der Waals surface area contributed by atoms with Crippen LogP contribution in [0.15, 0.2) is 0 Å². The number of hydrogen-bond acceptors (Lipinski definition) is 6. The Morgan fingerprint density at radius 1 is 1.45 bits per heavy atom. The molecule has 2 aliphatic rings. The van der Waals surface area contributed by atoms with E-state index in [9.17, 15) is 4.79 Å². The molecule has 3 atom stereocenters. The van der Waals surface area contributed by atoms with Crippen LogP contribution in [0.2, 0.25) is 6.32 Å². The molecule has 0 radical (unpaired) electrons. The first-order chi connectivity index (χ1) is 9.60. The maximum atomic E-state index is 12.4. The second kappa shape index (κ2) is 6.89. The predicted octanol–water partition coefficient (Wildman–Crippen LogP) is -0.487. The Bertz CT molecular complexity index is 342. The molecule has 4 N–H and O–H groups in total. The molecule has 114 valence electrons. The van der Waals surface area contributed by atoms with Crippen LogP contribution in [-0.4, -0.2) is 54.4 Å². The summed E-state index contributed by atoms with van der Waals surface area (Å²) < 4.78 is 5.29. The quantitative estimate of drug-likeness (QED) is 0.287. The molecule has 0 aromatic rings. The van der Waals surface area contributed by atoms with Crippen LogP contribution in [0, 0.1) is 5.92 Å². The lowest BCUT2D eigenvalue weighted by molar-refractivity contribution is -0.153. The number of rotatable bonds is 7. The lowest BCUT2D eigenvalue weighted by atomic mass is 9.77. The highest BCUT2D eigenvalue weighted by Gasteiger charge is 2.55. The number of ether oxygens (including phenoxy) is 1. The average molecular weight is 284 g/mol. The van der Waals surface area contributed by atoms with Crippen molar-refractivity contribution < 1.29 is 19.6 Å². The van der Waals surface area contributed by atoms with E-state index in [0.29, 0.717) is 31.8 Å². The standard InChI is InChI=1S/C13H25BN2O4/c1-2-20-12(17)13(6-3-4-7-14(18)19)10-5-8-15-11(10)9-16-13/h10-11,15-16,18-19H,2-9H2,1H3/t10-,11-,13+/m0/s1. The molecule has 20 heavy (non-hydrogen) atoms. The molecule has 0 spiro atoms. The van der Waals surface area contributed by atoms with Crippen molar-refractivity contribution in [3.63, 3.8) is 0 Å². The van der Waals surface area contributed by atoms with Gasteiger partial charge in [0.2, 0.25) is 0 Å². The fraction of sp³-hybridized carbons (Fsp3) is 0.923. The smallest absolute Gasteiger partial charge is 0.451 e. The van der Waals surface area contributed by atoms with Gasteiger partial charge in [-0.3, -0.25) is 4.79 Å². The molecule has 0 aromatic carbocycles. The van der Waals surface area contributed by atoms with Gasteiger partial charge in [-0.05, 0) is 32.6 Å². The summed E-state index contributed by atoms with van der Waals surface area (Å²) in [7, 11) is -1.26. The highest BCUT2D eigenvalue weighted by atomic mass is 16.5. The zero-order valence-corrected chi connectivity index (χ0v) is 12.1. The highest BCUT2D eigenvalue weighted by Crippen LogP contribution is 2.38. The summed E-state index contributed by atoms with van der Waals surface area (Å²) in [6.45, 7) is 3.97. The number of unbranched alkanes of at least 4 members (excludes halogenated alkanes) is 1. The van der Waals surface area contributed by atoms with Crippen LogP contribution in [-0.2, 0) is 9.53 Å². The van der Waals surface area contributed by atoms with E-state index in [2.05, 4.69) is 10.6 Å². The Morgan fingerprint density at radius 2 is 2.25 bits per heavy atom. The summed E-state index contributed by atoms with van der Waals surface area (Å²) in [6, 6.07) is 0.350. The Hall–Kier alpha value is -0.625. The van der Waals surface area contributed by atoms with Crippen LogP contribution in [0.25, 0.3) is 0 Å². The third-order valence-corrected chi connectivity index (χ3v) is 4.54. The summed E-state index contributed by atoms with van der Waals surface area (Å²) >= 11 is 0. The van der Waals surface area contributed by atoms with E-state index in [1.54, 1.807) is 0 Å². The van der Waals surface area contributed by atoms with Crippen LogP contribution in [0.1, 0.15) is 32.6 Å². The minimum atomic E-state index is -1.26. The minimum absolute atomic E-state index is 0.152. The second-order valence-corrected chi connectivity index (χ2v) is 5.75. The lowest BCUT2D eigenvalue weighted by Gasteiger charge is -2.32. The van der Waals surface area contributed by atoms with Crippen LogP contribution in [0.5, 0.6) is 0 Å². The van der Waals surface area contributed by atoms with E-state index < -0.39 is 12.7 Å². The Balaban J connectivity index is 1.99. The van der Waals surface area contributed by atoms with E-state index in [0.717, 1.165) is 25.9 Å². The normalized spacial score (nSPS) is 32.1. The average Bonchev–Trinajstić information content (AvgIpc) is 2.98. The van der Waals surface area contributed by atoms with Gasteiger partial charge in [0.25, 0.3) is 0 Å². The third kappa shape index (κ3) is 3.16. The molecule has 0 aliphatic carbocycles. The first-order valence-corrected chi connectivity index (χ1v) is 7.62. The number of esters is 1. The second-order valence-electron chi connectivity index (χ2n) is 5.75. The zero-order valence-electron chi connectivity index (χ0n) is 12.1. The van der Waals surface area contributed by atoms with Gasteiger partial charge in [0.1, 0.15) is 5.54 Å². The number of fused-ring (bicyclic) bond motifs is 1. The van der Waals surface area contributed by atoms with E-state index >= 15 is 0 Å². The van der Waals surface area contributed by atoms with Gasteiger partial charge in [-0.25, -0.2) is 0 Å². The van der Waals surface area contributed by atoms with E-state index in [4.69, 9.17) is 14.8 Å². The lowest BCUT2D eigenvalue weighted by Crippen LogP contribution is -2.53. The third-order valence-electron chi connectivity index (χ3n) is 4.54. The molecule has 0 bridgehead atoms. The van der Waals surface area contributed by atoms with Gasteiger partial charge in [-0.15, -0.1) is 0 Å². The van der Waals surface area contributed by atoms with Crippen LogP contribution in [0.3, 0.4) is 0 Å². The first-order valence-electron chi connectivity index (χ1n) is 7.62. The Labute approximate surface area is 120 Å². The molecule has 0 unspecified atom stereocenters. The molecule has 2 heterocycles. The molecule has 0 aromatic heterocycles. The molecule has 0 amide bonds. The summed E-state index contributed by atoms with van der Waals surface area (Å²) in [4.78, 5) is 12.4. The van der Waals surface area contributed by atoms with Crippen molar-refractivity contribution >= 4 is 13.1 Å². The monoisotopic (exact) mass is 284 g/mol. The maximum absolute atomic E-state index is 12.4. The van der Waals surface area contributed by atoms with Gasteiger partial charge in [0.15, 0.2) is 0 Å². The van der Waals surface area contributed by atoms with Crippen molar-refractivity contribution in [2.45, 2.75) is 50.5 Å². The van der Waals surface area contributed by atoms with Crippen molar-refractivity contribution in [3.8, 4) is 0 Å². The van der Waals surface area contributed by atoms with Crippen LogP contribution < -0.4 is 10.6 Å². The number of carbonyl (C=O) groups is 1. The number of hydrogen-bond donors (Lipinski definition) is 4. The van der Waals surface area contributed by atoms with Gasteiger partial charge >= 0.3 is 13.1 Å². The molecular weight excluding hydrogens is 259 g/mol. The Morgan fingerprint density at radius 3 is 2.95 bits per heavy atom. The van der Waals surface area contributed by atoms with E-state index in [-0.39, 0.29) is 11.9 Å². The maximum Gasteiger partial charge on any atom is 0.451 e. The number of carbonyl (C=O) groups excluding carboxylic acids is 1. The largest absolute Gasteiger partial charge is 0.465 e. The van der Waals surface area contributed by atoms with Crippen molar-refractivity contribution in [2.75, 3.05) is 19.7 Å². The molecule has 0 saturated carbocycles. The van der Waals surface area contributed by atoms with E-state index in [1.165, 1.54) is 0 Å². The topological polar surface area (TPSA) is 90.8 Å². The molecule has 2 rings (SSSR count). The van der Waals surface area contributed by atoms with Crippen LogP contribution >= 0.6 is 0 Å². The van der Waals surface area contributed by atoms with Gasteiger partial charge in [0.05, 0.1) is 6.61 Å². The molecule has 7 heteroatoms. The molecule has 2 saturated heterocycles. The first kappa shape index (κ1) is 15.8. The fourth-order valence-corrected chi connectivity index (χ4v) is 3.59. The van der Waals surface area contributed by atoms with Gasteiger partial charge in [-0.2, -0.15) is 0 Å². The molecule has 6 nitrogen and oxygen atoms in total. The predicted molar refractivity (Wildman–Crippen MR) is 76.1 cm³/mol. The summed E-state index contributed by atoms with van der Waals surface area (Å²) in [5.41, 5.74) is -0.593. The summed E-state index contributed by atoms with van der Waals surface area (Å²) in [6.07, 6.45) is 3.52. The highest BCUT2D eigenvalue weighted by molar-refractivity contribution is 6.40. The van der Waals surface area contributed by atoms with E-state index in [1.807, 2.05) is 6.92 Å². The molecule has 2 aliphatic heterocycles. The van der Waals surface area contributed by atoms with Crippen LogP contribution in [0.4, 0.5) is 0 Å². The molecular formula is C13H25BN2O4. The van der Waals surface area contributed by atoms with Crippen molar-refractivity contribution in [3.05, 3.63) is 0 Å². The van der Waals surface area contributed by atoms with Crippen molar-refractivity contribution in [1.29, 1.82) is 0 Å². The summed E-state index contributed by atoms with van der Waals surface area (Å²) in [5, 5.41) is 24.6. The van der Waals surface area contributed by atoms with Gasteiger partial charge in [-0.1, -0.05) is 12.8 Å². The minimum Gasteiger partial charge on any atom is -0.465 e. The van der Waals surface area contributed by atoms with Gasteiger partial charge < -0.3 is 25.4 Å². The number of nitrogens with one attached hydrogen (secondary N) is 2. The van der Waals surface area contributed by atoms with Gasteiger partial charge in [0, 0.05) is 18.5 Å².